The summed E-state index contributed by atoms with van der Waals surface area (Å²) in [5.41, 5.74) is -0.312. The maximum Gasteiger partial charge on any atom is 0.340 e. The van der Waals surface area contributed by atoms with Gasteiger partial charge in [-0.1, -0.05) is 12.8 Å². The Morgan fingerprint density at radius 3 is 2.43 bits per heavy atom. The van der Waals surface area contributed by atoms with Gasteiger partial charge in [0.2, 0.25) is 0 Å². The number of methoxy groups -OCH3 is 1. The van der Waals surface area contributed by atoms with E-state index in [2.05, 4.69) is 4.74 Å². The van der Waals surface area contributed by atoms with E-state index in [1.54, 1.807) is 0 Å². The molecule has 0 aromatic heterocycles. The average molecular weight is 296 g/mol. The molecule has 0 amide bonds. The normalized spacial score (nSPS) is 15.4. The van der Waals surface area contributed by atoms with Gasteiger partial charge in [0.05, 0.1) is 23.7 Å². The SMILES string of the molecule is COC(=O)c1cc(N2CCCCCC2)c([N+](=O)[O-])cc1F. The van der Waals surface area contributed by atoms with E-state index < -0.39 is 16.7 Å². The summed E-state index contributed by atoms with van der Waals surface area (Å²) in [6.45, 7) is 1.32. The van der Waals surface area contributed by atoms with Gasteiger partial charge < -0.3 is 9.64 Å². The number of ether oxygens (including phenoxy) is 1. The van der Waals surface area contributed by atoms with Crippen LogP contribution < -0.4 is 4.90 Å². The first-order valence-electron chi connectivity index (χ1n) is 6.85. The molecule has 7 heteroatoms. The molecule has 1 aromatic carbocycles. The van der Waals surface area contributed by atoms with E-state index in [-0.39, 0.29) is 16.9 Å². The van der Waals surface area contributed by atoms with Crippen molar-refractivity contribution in [2.75, 3.05) is 25.1 Å². The molecule has 0 radical (unpaired) electrons. The lowest BCUT2D eigenvalue weighted by atomic mass is 10.1. The highest BCUT2D eigenvalue weighted by molar-refractivity contribution is 5.92. The topological polar surface area (TPSA) is 72.7 Å². The Morgan fingerprint density at radius 1 is 1.29 bits per heavy atom. The summed E-state index contributed by atoms with van der Waals surface area (Å²) in [5, 5.41) is 11.1. The molecule has 0 bridgehead atoms. The number of carbonyl (C=O) groups excluding carboxylic acids is 1. The van der Waals surface area contributed by atoms with Crippen molar-refractivity contribution in [2.45, 2.75) is 25.7 Å². The minimum absolute atomic E-state index is 0.276. The van der Waals surface area contributed by atoms with E-state index >= 15 is 0 Å². The molecule has 0 unspecified atom stereocenters. The zero-order valence-electron chi connectivity index (χ0n) is 11.8. The van der Waals surface area contributed by atoms with E-state index in [4.69, 9.17) is 0 Å². The molecular weight excluding hydrogens is 279 g/mol. The summed E-state index contributed by atoms with van der Waals surface area (Å²) >= 11 is 0. The molecule has 21 heavy (non-hydrogen) atoms. The molecule has 1 aromatic rings. The minimum atomic E-state index is -0.938. The van der Waals surface area contributed by atoms with Crippen molar-refractivity contribution in [3.8, 4) is 0 Å². The summed E-state index contributed by atoms with van der Waals surface area (Å²) in [5.74, 6) is -1.77. The molecule has 1 heterocycles. The van der Waals surface area contributed by atoms with Gasteiger partial charge in [-0.15, -0.1) is 0 Å². The number of benzene rings is 1. The van der Waals surface area contributed by atoms with Crippen molar-refractivity contribution in [3.05, 3.63) is 33.6 Å². The van der Waals surface area contributed by atoms with Crippen LogP contribution in [0.2, 0.25) is 0 Å². The number of halogens is 1. The maximum atomic E-state index is 13.9. The van der Waals surface area contributed by atoms with Crippen LogP contribution in [-0.4, -0.2) is 31.1 Å². The van der Waals surface area contributed by atoms with Gasteiger partial charge in [-0.3, -0.25) is 10.1 Å². The second kappa shape index (κ2) is 6.51. The number of nitrogens with zero attached hydrogens (tertiary/aromatic N) is 2. The minimum Gasteiger partial charge on any atom is -0.465 e. The monoisotopic (exact) mass is 296 g/mol. The van der Waals surface area contributed by atoms with Gasteiger partial charge in [0, 0.05) is 13.1 Å². The van der Waals surface area contributed by atoms with Crippen molar-refractivity contribution in [1.29, 1.82) is 0 Å². The number of nitro benzene ring substituents is 1. The number of anilines is 1. The quantitative estimate of drug-likeness (QED) is 0.487. The van der Waals surface area contributed by atoms with Crippen molar-refractivity contribution in [3.63, 3.8) is 0 Å². The first-order valence-corrected chi connectivity index (χ1v) is 6.85. The first-order chi connectivity index (χ1) is 10.0. The van der Waals surface area contributed by atoms with E-state index in [1.165, 1.54) is 6.07 Å². The van der Waals surface area contributed by atoms with Crippen molar-refractivity contribution < 1.29 is 18.8 Å². The third kappa shape index (κ3) is 3.29. The number of hydrogen-bond donors (Lipinski definition) is 0. The highest BCUT2D eigenvalue weighted by Gasteiger charge is 2.26. The first kappa shape index (κ1) is 15.2. The molecule has 114 valence electrons. The Hall–Kier alpha value is -2.18. The molecule has 6 nitrogen and oxygen atoms in total. The molecule has 2 rings (SSSR count). The van der Waals surface area contributed by atoms with Crippen molar-refractivity contribution in [1.82, 2.24) is 0 Å². The molecule has 0 aliphatic carbocycles. The molecule has 1 fully saturated rings. The van der Waals surface area contributed by atoms with E-state index in [0.29, 0.717) is 13.1 Å². The number of nitro groups is 1. The number of carbonyl (C=O) groups is 1. The average Bonchev–Trinajstić information content (AvgIpc) is 2.75. The standard InChI is InChI=1S/C14H17FN2O4/c1-21-14(18)10-8-12(13(17(19)20)9-11(10)15)16-6-4-2-3-5-7-16/h8-9H,2-7H2,1H3. The van der Waals surface area contributed by atoms with Gasteiger partial charge in [0.1, 0.15) is 11.5 Å². The van der Waals surface area contributed by atoms with Crippen LogP contribution in [0.4, 0.5) is 15.8 Å². The number of rotatable bonds is 3. The Balaban J connectivity index is 2.49. The van der Waals surface area contributed by atoms with Crippen LogP contribution >= 0.6 is 0 Å². The van der Waals surface area contributed by atoms with Crippen LogP contribution in [-0.2, 0) is 4.74 Å². The Kier molecular flexibility index (Phi) is 4.72. The summed E-state index contributed by atoms with van der Waals surface area (Å²) in [6.07, 6.45) is 3.97. The zero-order valence-corrected chi connectivity index (χ0v) is 11.8. The van der Waals surface area contributed by atoms with Crippen LogP contribution in [0.25, 0.3) is 0 Å². The highest BCUT2D eigenvalue weighted by atomic mass is 19.1. The summed E-state index contributed by atoms with van der Waals surface area (Å²) in [7, 11) is 1.15. The summed E-state index contributed by atoms with van der Waals surface area (Å²) in [4.78, 5) is 23.9. The van der Waals surface area contributed by atoms with Gasteiger partial charge in [0.15, 0.2) is 0 Å². The molecule has 0 spiro atoms. The molecule has 0 atom stereocenters. The number of hydrogen-bond acceptors (Lipinski definition) is 5. The fraction of sp³-hybridized carbons (Fsp3) is 0.500. The molecule has 1 aliphatic heterocycles. The van der Waals surface area contributed by atoms with Crippen LogP contribution in [0.1, 0.15) is 36.0 Å². The van der Waals surface area contributed by atoms with Crippen LogP contribution in [0.5, 0.6) is 0 Å². The summed E-state index contributed by atoms with van der Waals surface area (Å²) in [6, 6.07) is 2.02. The molecular formula is C14H17FN2O4. The van der Waals surface area contributed by atoms with Gasteiger partial charge in [0.25, 0.3) is 5.69 Å². The lowest BCUT2D eigenvalue weighted by Crippen LogP contribution is -2.25. The van der Waals surface area contributed by atoms with Gasteiger partial charge in [-0.05, 0) is 18.9 Å². The van der Waals surface area contributed by atoms with Gasteiger partial charge in [-0.2, -0.15) is 0 Å². The van der Waals surface area contributed by atoms with Crippen LogP contribution in [0, 0.1) is 15.9 Å². The second-order valence-corrected chi connectivity index (χ2v) is 4.97. The van der Waals surface area contributed by atoms with Crippen molar-refractivity contribution >= 4 is 17.3 Å². The summed E-state index contributed by atoms with van der Waals surface area (Å²) < 4.78 is 18.4. The second-order valence-electron chi connectivity index (χ2n) is 4.97. The fourth-order valence-electron chi connectivity index (χ4n) is 2.53. The Labute approximate surface area is 121 Å². The van der Waals surface area contributed by atoms with Gasteiger partial charge in [-0.25, -0.2) is 9.18 Å². The highest BCUT2D eigenvalue weighted by Crippen LogP contribution is 2.32. The lowest BCUT2D eigenvalue weighted by Gasteiger charge is -2.22. The van der Waals surface area contributed by atoms with E-state index in [9.17, 15) is 19.3 Å². The van der Waals surface area contributed by atoms with Gasteiger partial charge >= 0.3 is 5.97 Å². The molecule has 1 saturated heterocycles. The van der Waals surface area contributed by atoms with Crippen LogP contribution in [0.3, 0.4) is 0 Å². The molecule has 1 aliphatic rings. The van der Waals surface area contributed by atoms with Crippen molar-refractivity contribution in [2.24, 2.45) is 0 Å². The largest absolute Gasteiger partial charge is 0.465 e. The fourth-order valence-corrected chi connectivity index (χ4v) is 2.53. The third-order valence-corrected chi connectivity index (χ3v) is 3.61. The van der Waals surface area contributed by atoms with Crippen LogP contribution in [0.15, 0.2) is 12.1 Å². The Bertz CT molecular complexity index is 554. The van der Waals surface area contributed by atoms with E-state index in [1.807, 2.05) is 4.90 Å². The Morgan fingerprint density at radius 2 is 1.90 bits per heavy atom. The van der Waals surface area contributed by atoms with E-state index in [0.717, 1.165) is 38.9 Å². The predicted molar refractivity (Wildman–Crippen MR) is 75.1 cm³/mol. The lowest BCUT2D eigenvalue weighted by molar-refractivity contribution is -0.384. The smallest absolute Gasteiger partial charge is 0.340 e. The third-order valence-electron chi connectivity index (χ3n) is 3.61. The molecule has 0 N–H and O–H groups in total. The maximum absolute atomic E-state index is 13.9. The zero-order chi connectivity index (χ0) is 15.4. The predicted octanol–water partition coefficient (Wildman–Crippen LogP) is 2.90. The molecule has 0 saturated carbocycles. The number of esters is 1.